The van der Waals surface area contributed by atoms with E-state index in [2.05, 4.69) is 20.2 Å². The van der Waals surface area contributed by atoms with E-state index in [-0.39, 0.29) is 11.9 Å². The highest BCUT2D eigenvalue weighted by Gasteiger charge is 2.28. The molecule has 1 atom stereocenters. The van der Waals surface area contributed by atoms with Crippen LogP contribution in [0.2, 0.25) is 0 Å². The number of aryl methyl sites for hydroxylation is 1. The van der Waals surface area contributed by atoms with Gasteiger partial charge in [0.25, 0.3) is 0 Å². The van der Waals surface area contributed by atoms with E-state index in [0.29, 0.717) is 24.7 Å². The summed E-state index contributed by atoms with van der Waals surface area (Å²) in [5.41, 5.74) is 6.56. The molecule has 98 valence electrons. The van der Waals surface area contributed by atoms with E-state index < -0.39 is 0 Å². The molecule has 1 aromatic heterocycles. The zero-order valence-electron chi connectivity index (χ0n) is 10.8. The second-order valence-corrected chi connectivity index (χ2v) is 4.54. The number of piperazine rings is 1. The zero-order chi connectivity index (χ0) is 13.1. The number of nitrogens with one attached hydrogen (secondary N) is 1. The van der Waals surface area contributed by atoms with Gasteiger partial charge in [-0.05, 0) is 13.3 Å². The lowest BCUT2D eigenvalue weighted by Gasteiger charge is -2.33. The highest BCUT2D eigenvalue weighted by atomic mass is 16.2. The largest absolute Gasteiger partial charge is 0.384 e. The van der Waals surface area contributed by atoms with Crippen molar-refractivity contribution in [2.45, 2.75) is 32.9 Å². The van der Waals surface area contributed by atoms with E-state index in [0.717, 1.165) is 18.7 Å². The maximum atomic E-state index is 11.7. The lowest BCUT2D eigenvalue weighted by Crippen LogP contribution is -2.54. The van der Waals surface area contributed by atoms with Gasteiger partial charge in [-0.25, -0.2) is 9.97 Å². The Morgan fingerprint density at radius 1 is 1.56 bits per heavy atom. The van der Waals surface area contributed by atoms with Crippen LogP contribution < -0.4 is 11.1 Å². The Morgan fingerprint density at radius 2 is 2.33 bits per heavy atom. The quantitative estimate of drug-likeness (QED) is 0.792. The molecular formula is C12H19N5O. The smallest absolute Gasteiger partial charge is 0.237 e. The van der Waals surface area contributed by atoms with Crippen molar-refractivity contribution in [1.29, 1.82) is 0 Å². The lowest BCUT2D eigenvalue weighted by atomic mass is 10.1. The summed E-state index contributed by atoms with van der Waals surface area (Å²) in [4.78, 5) is 22.4. The van der Waals surface area contributed by atoms with Gasteiger partial charge in [-0.2, -0.15) is 0 Å². The maximum absolute atomic E-state index is 11.7. The topological polar surface area (TPSA) is 84.1 Å². The summed E-state index contributed by atoms with van der Waals surface area (Å²) < 4.78 is 0. The first-order chi connectivity index (χ1) is 8.60. The molecule has 0 bridgehead atoms. The number of hydrogen-bond acceptors (Lipinski definition) is 5. The number of nitrogens with two attached hydrogens (primary N) is 1. The summed E-state index contributed by atoms with van der Waals surface area (Å²) in [7, 11) is 0. The van der Waals surface area contributed by atoms with E-state index in [9.17, 15) is 4.79 Å². The molecule has 1 amide bonds. The highest BCUT2D eigenvalue weighted by molar-refractivity contribution is 5.82. The SMILES string of the molecule is CCC1C(=O)NCCN1Cc1nc(C)cc(N)n1. The summed E-state index contributed by atoms with van der Waals surface area (Å²) in [6, 6.07) is 1.65. The maximum Gasteiger partial charge on any atom is 0.237 e. The number of aromatic nitrogens is 2. The first kappa shape index (κ1) is 12.8. The second-order valence-electron chi connectivity index (χ2n) is 4.54. The first-order valence-electron chi connectivity index (χ1n) is 6.22. The van der Waals surface area contributed by atoms with E-state index in [1.165, 1.54) is 0 Å². The summed E-state index contributed by atoms with van der Waals surface area (Å²) in [6.45, 7) is 5.96. The fraction of sp³-hybridized carbons (Fsp3) is 0.583. The van der Waals surface area contributed by atoms with Gasteiger partial charge in [0.2, 0.25) is 5.91 Å². The van der Waals surface area contributed by atoms with Crippen molar-refractivity contribution < 1.29 is 4.79 Å². The molecular weight excluding hydrogens is 230 g/mol. The zero-order valence-corrected chi connectivity index (χ0v) is 10.8. The molecule has 6 nitrogen and oxygen atoms in total. The average molecular weight is 249 g/mol. The minimum atomic E-state index is -0.0934. The summed E-state index contributed by atoms with van der Waals surface area (Å²) >= 11 is 0. The molecule has 1 unspecified atom stereocenters. The molecule has 1 aliphatic heterocycles. The van der Waals surface area contributed by atoms with Crippen LogP contribution >= 0.6 is 0 Å². The third kappa shape index (κ3) is 2.76. The van der Waals surface area contributed by atoms with Crippen LogP contribution in [0.25, 0.3) is 0 Å². The van der Waals surface area contributed by atoms with Crippen molar-refractivity contribution in [1.82, 2.24) is 20.2 Å². The molecule has 0 aromatic carbocycles. The van der Waals surface area contributed by atoms with Gasteiger partial charge in [-0.1, -0.05) is 6.92 Å². The van der Waals surface area contributed by atoms with Gasteiger partial charge >= 0.3 is 0 Å². The molecule has 1 saturated heterocycles. The number of amides is 1. The van der Waals surface area contributed by atoms with Gasteiger partial charge in [-0.3, -0.25) is 9.69 Å². The Kier molecular flexibility index (Phi) is 3.76. The van der Waals surface area contributed by atoms with Crippen LogP contribution in [0.1, 0.15) is 24.9 Å². The van der Waals surface area contributed by atoms with E-state index in [1.54, 1.807) is 6.07 Å². The third-order valence-electron chi connectivity index (χ3n) is 3.09. The van der Waals surface area contributed by atoms with Crippen LogP contribution in [0.15, 0.2) is 6.07 Å². The van der Waals surface area contributed by atoms with Gasteiger partial charge in [0.1, 0.15) is 11.6 Å². The molecule has 0 spiro atoms. The summed E-state index contributed by atoms with van der Waals surface area (Å²) in [5.74, 6) is 1.25. The monoisotopic (exact) mass is 249 g/mol. The van der Waals surface area contributed by atoms with Crippen molar-refractivity contribution in [3.05, 3.63) is 17.6 Å². The molecule has 6 heteroatoms. The van der Waals surface area contributed by atoms with Crippen LogP contribution in [0.3, 0.4) is 0 Å². The number of rotatable bonds is 3. The van der Waals surface area contributed by atoms with Crippen molar-refractivity contribution in [3.8, 4) is 0 Å². The second kappa shape index (κ2) is 5.30. The van der Waals surface area contributed by atoms with Crippen molar-refractivity contribution in [3.63, 3.8) is 0 Å². The Hall–Kier alpha value is -1.69. The van der Waals surface area contributed by atoms with Gasteiger partial charge in [0.15, 0.2) is 0 Å². The highest BCUT2D eigenvalue weighted by Crippen LogP contribution is 2.12. The normalized spacial score (nSPS) is 20.8. The van der Waals surface area contributed by atoms with Crippen molar-refractivity contribution >= 4 is 11.7 Å². The fourth-order valence-corrected chi connectivity index (χ4v) is 2.30. The van der Waals surface area contributed by atoms with Crippen LogP contribution in [0.4, 0.5) is 5.82 Å². The molecule has 0 radical (unpaired) electrons. The summed E-state index contributed by atoms with van der Waals surface area (Å²) in [6.07, 6.45) is 0.785. The van der Waals surface area contributed by atoms with Gasteiger partial charge in [-0.15, -0.1) is 0 Å². The lowest BCUT2D eigenvalue weighted by molar-refractivity contribution is -0.129. The predicted molar refractivity (Wildman–Crippen MR) is 68.7 cm³/mol. The number of hydrogen-bond donors (Lipinski definition) is 2. The molecule has 2 heterocycles. The molecule has 1 aromatic rings. The van der Waals surface area contributed by atoms with Crippen LogP contribution in [0, 0.1) is 6.92 Å². The Morgan fingerprint density at radius 3 is 3.00 bits per heavy atom. The van der Waals surface area contributed by atoms with E-state index in [1.807, 2.05) is 13.8 Å². The molecule has 2 rings (SSSR count). The molecule has 18 heavy (non-hydrogen) atoms. The average Bonchev–Trinajstić information content (AvgIpc) is 2.27. The van der Waals surface area contributed by atoms with Crippen molar-refractivity contribution in [2.75, 3.05) is 18.8 Å². The first-order valence-corrected chi connectivity index (χ1v) is 6.22. The van der Waals surface area contributed by atoms with Gasteiger partial charge in [0.05, 0.1) is 12.6 Å². The molecule has 1 aliphatic rings. The standard InChI is InChI=1S/C12H19N5O/c1-3-9-12(18)14-4-5-17(9)7-11-15-8(2)6-10(13)16-11/h6,9H,3-5,7H2,1-2H3,(H,14,18)(H2,13,15,16). The van der Waals surface area contributed by atoms with Crippen LogP contribution in [-0.4, -0.2) is 39.9 Å². The van der Waals surface area contributed by atoms with Crippen LogP contribution in [-0.2, 0) is 11.3 Å². The van der Waals surface area contributed by atoms with E-state index in [4.69, 9.17) is 5.73 Å². The number of carbonyl (C=O) groups excluding carboxylic acids is 1. The van der Waals surface area contributed by atoms with Crippen LogP contribution in [0.5, 0.6) is 0 Å². The molecule has 0 aliphatic carbocycles. The number of carbonyl (C=O) groups is 1. The number of nitrogen functional groups attached to an aromatic ring is 1. The fourth-order valence-electron chi connectivity index (χ4n) is 2.30. The third-order valence-corrected chi connectivity index (χ3v) is 3.09. The number of nitrogens with zero attached hydrogens (tertiary/aromatic N) is 3. The van der Waals surface area contributed by atoms with Gasteiger partial charge in [0, 0.05) is 24.8 Å². The molecule has 1 fully saturated rings. The van der Waals surface area contributed by atoms with Crippen molar-refractivity contribution in [2.24, 2.45) is 0 Å². The Labute approximate surface area is 107 Å². The molecule has 0 saturated carbocycles. The Bertz CT molecular complexity index is 428. The summed E-state index contributed by atoms with van der Waals surface area (Å²) in [5, 5.41) is 2.88. The molecule has 3 N–H and O–H groups in total. The minimum Gasteiger partial charge on any atom is -0.384 e. The van der Waals surface area contributed by atoms with Gasteiger partial charge < -0.3 is 11.1 Å². The predicted octanol–water partition coefficient (Wildman–Crippen LogP) is 0.0776. The Balaban J connectivity index is 2.14. The van der Waals surface area contributed by atoms with E-state index >= 15 is 0 Å². The number of anilines is 1. The minimum absolute atomic E-state index is 0.0874.